The number of thioether (sulfide) groups is 1. The fourth-order valence-electron chi connectivity index (χ4n) is 1.18. The van der Waals surface area contributed by atoms with Crippen molar-refractivity contribution in [3.05, 3.63) is 22.8 Å². The summed E-state index contributed by atoms with van der Waals surface area (Å²) < 4.78 is 0. The zero-order valence-corrected chi connectivity index (χ0v) is 10.9. The summed E-state index contributed by atoms with van der Waals surface area (Å²) >= 11 is 7.03. The fourth-order valence-corrected chi connectivity index (χ4v) is 2.42. The Morgan fingerprint density at radius 3 is 2.76 bits per heavy atom. The van der Waals surface area contributed by atoms with Crippen molar-refractivity contribution in [1.82, 2.24) is 4.98 Å². The zero-order chi connectivity index (χ0) is 13.0. The monoisotopic (exact) mass is 270 g/mol. The highest BCUT2D eigenvalue weighted by Gasteiger charge is 2.24. The lowest BCUT2D eigenvalue weighted by Gasteiger charge is -2.15. The van der Waals surface area contributed by atoms with Crippen LogP contribution in [-0.4, -0.2) is 21.3 Å². The van der Waals surface area contributed by atoms with Gasteiger partial charge in [-0.15, -0.1) is 0 Å². The van der Waals surface area contributed by atoms with Crippen LogP contribution in [0.15, 0.2) is 17.3 Å². The van der Waals surface area contributed by atoms with Crippen LogP contribution in [0, 0.1) is 17.2 Å². The van der Waals surface area contributed by atoms with E-state index in [2.05, 4.69) is 4.98 Å². The molecule has 4 nitrogen and oxygen atoms in total. The number of rotatable bonds is 4. The minimum absolute atomic E-state index is 0.0545. The number of carbonyl (C=O) groups is 1. The van der Waals surface area contributed by atoms with E-state index in [0.717, 1.165) is 11.8 Å². The molecule has 0 aromatic carbocycles. The molecular formula is C11H11ClN2O2S. The molecule has 6 heteroatoms. The summed E-state index contributed by atoms with van der Waals surface area (Å²) in [5.74, 6) is -0.966. The van der Waals surface area contributed by atoms with E-state index >= 15 is 0 Å². The molecule has 0 fully saturated rings. The number of aromatic nitrogens is 1. The first kappa shape index (κ1) is 13.8. The maximum absolute atomic E-state index is 11.1. The highest BCUT2D eigenvalue weighted by atomic mass is 35.5. The lowest BCUT2D eigenvalue weighted by Crippen LogP contribution is -2.22. The van der Waals surface area contributed by atoms with E-state index in [1.165, 1.54) is 12.3 Å². The van der Waals surface area contributed by atoms with Crippen LogP contribution in [0.25, 0.3) is 0 Å². The predicted octanol–water partition coefficient (Wildman–Crippen LogP) is 2.81. The second-order valence-corrected chi connectivity index (χ2v) is 5.22. The molecule has 0 saturated heterocycles. The predicted molar refractivity (Wildman–Crippen MR) is 66.1 cm³/mol. The number of nitrogens with zero attached hydrogens (tertiary/aromatic N) is 2. The first-order valence-electron chi connectivity index (χ1n) is 4.91. The SMILES string of the molecule is CC(C)C(Sc1nccc(C#N)c1Cl)C(=O)O. The van der Waals surface area contributed by atoms with Crippen molar-refractivity contribution in [2.75, 3.05) is 0 Å². The highest BCUT2D eigenvalue weighted by molar-refractivity contribution is 8.00. The van der Waals surface area contributed by atoms with Gasteiger partial charge in [0, 0.05) is 6.20 Å². The fraction of sp³-hybridized carbons (Fsp3) is 0.364. The first-order valence-corrected chi connectivity index (χ1v) is 6.17. The van der Waals surface area contributed by atoms with Gasteiger partial charge < -0.3 is 5.11 Å². The molecule has 1 atom stereocenters. The summed E-state index contributed by atoms with van der Waals surface area (Å²) in [5, 5.41) is 17.8. The quantitative estimate of drug-likeness (QED) is 0.852. The van der Waals surface area contributed by atoms with Crippen LogP contribution in [0.4, 0.5) is 0 Å². The second-order valence-electron chi connectivity index (χ2n) is 3.71. The van der Waals surface area contributed by atoms with Gasteiger partial charge in [-0.05, 0) is 12.0 Å². The summed E-state index contributed by atoms with van der Waals surface area (Å²) in [4.78, 5) is 15.1. The van der Waals surface area contributed by atoms with Gasteiger partial charge in [0.05, 0.1) is 10.6 Å². The third-order valence-electron chi connectivity index (χ3n) is 2.07. The third kappa shape index (κ3) is 3.35. The van der Waals surface area contributed by atoms with Crippen molar-refractivity contribution >= 4 is 29.3 Å². The lowest BCUT2D eigenvalue weighted by molar-refractivity contribution is -0.137. The Morgan fingerprint density at radius 1 is 1.65 bits per heavy atom. The van der Waals surface area contributed by atoms with Crippen molar-refractivity contribution in [2.24, 2.45) is 5.92 Å². The molecule has 0 aliphatic heterocycles. The van der Waals surface area contributed by atoms with Gasteiger partial charge in [0.15, 0.2) is 0 Å². The number of hydrogen-bond acceptors (Lipinski definition) is 4. The summed E-state index contributed by atoms with van der Waals surface area (Å²) in [7, 11) is 0. The molecule has 0 bridgehead atoms. The number of aliphatic carboxylic acids is 1. The Bertz CT molecular complexity index is 471. The number of pyridine rings is 1. The largest absolute Gasteiger partial charge is 0.480 e. The molecule has 90 valence electrons. The molecule has 0 saturated carbocycles. The van der Waals surface area contributed by atoms with Gasteiger partial charge in [-0.1, -0.05) is 37.2 Å². The van der Waals surface area contributed by atoms with E-state index in [1.54, 1.807) is 0 Å². The van der Waals surface area contributed by atoms with Crippen molar-refractivity contribution in [2.45, 2.75) is 24.1 Å². The minimum atomic E-state index is -0.912. The Morgan fingerprint density at radius 2 is 2.29 bits per heavy atom. The lowest BCUT2D eigenvalue weighted by atomic mass is 10.1. The van der Waals surface area contributed by atoms with Crippen LogP contribution in [0.3, 0.4) is 0 Å². The maximum atomic E-state index is 11.1. The molecule has 0 spiro atoms. The Hall–Kier alpha value is -1.25. The van der Waals surface area contributed by atoms with E-state index in [0.29, 0.717) is 10.6 Å². The van der Waals surface area contributed by atoms with Gasteiger partial charge in [0.25, 0.3) is 0 Å². The highest BCUT2D eigenvalue weighted by Crippen LogP contribution is 2.33. The van der Waals surface area contributed by atoms with Crippen molar-refractivity contribution in [3.63, 3.8) is 0 Å². The second kappa shape index (κ2) is 5.89. The van der Waals surface area contributed by atoms with Gasteiger partial charge >= 0.3 is 5.97 Å². The number of nitriles is 1. The normalized spacial score (nSPS) is 12.2. The Kier molecular flexibility index (Phi) is 4.79. The van der Waals surface area contributed by atoms with Crippen LogP contribution in [0.2, 0.25) is 5.02 Å². The topological polar surface area (TPSA) is 74.0 Å². The Labute approximate surface area is 109 Å². The smallest absolute Gasteiger partial charge is 0.317 e. The summed E-state index contributed by atoms with van der Waals surface area (Å²) in [5.41, 5.74) is 0.303. The van der Waals surface area contributed by atoms with Gasteiger partial charge in [-0.3, -0.25) is 4.79 Å². The molecule has 1 heterocycles. The van der Waals surface area contributed by atoms with E-state index in [4.69, 9.17) is 22.0 Å². The van der Waals surface area contributed by atoms with Crippen LogP contribution >= 0.6 is 23.4 Å². The van der Waals surface area contributed by atoms with Crippen molar-refractivity contribution < 1.29 is 9.90 Å². The van der Waals surface area contributed by atoms with Crippen molar-refractivity contribution in [1.29, 1.82) is 5.26 Å². The number of carboxylic acid groups (broad SMARTS) is 1. The first-order chi connectivity index (χ1) is 7.97. The zero-order valence-electron chi connectivity index (χ0n) is 9.35. The molecule has 1 rings (SSSR count). The van der Waals surface area contributed by atoms with E-state index in [-0.39, 0.29) is 10.9 Å². The van der Waals surface area contributed by atoms with E-state index in [9.17, 15) is 4.79 Å². The molecule has 1 unspecified atom stereocenters. The Balaban J connectivity index is 3.03. The molecule has 0 radical (unpaired) electrons. The van der Waals surface area contributed by atoms with E-state index < -0.39 is 11.2 Å². The molecule has 1 aromatic heterocycles. The summed E-state index contributed by atoms with van der Waals surface area (Å²) in [6.45, 7) is 3.63. The molecule has 0 aliphatic carbocycles. The molecule has 1 aromatic rings. The third-order valence-corrected chi connectivity index (χ3v) is 4.09. The molecule has 0 aliphatic rings. The minimum Gasteiger partial charge on any atom is -0.480 e. The molecular weight excluding hydrogens is 260 g/mol. The van der Waals surface area contributed by atoms with E-state index in [1.807, 2.05) is 19.9 Å². The summed E-state index contributed by atoms with van der Waals surface area (Å²) in [6.07, 6.45) is 1.45. The van der Waals surface area contributed by atoms with Gasteiger partial charge in [-0.2, -0.15) is 5.26 Å². The summed E-state index contributed by atoms with van der Waals surface area (Å²) in [6, 6.07) is 3.43. The molecule has 17 heavy (non-hydrogen) atoms. The van der Waals surface area contributed by atoms with Crippen LogP contribution in [0.1, 0.15) is 19.4 Å². The van der Waals surface area contributed by atoms with Crippen molar-refractivity contribution in [3.8, 4) is 6.07 Å². The van der Waals surface area contributed by atoms with Gasteiger partial charge in [0.2, 0.25) is 0 Å². The van der Waals surface area contributed by atoms with Crippen LogP contribution in [-0.2, 0) is 4.79 Å². The standard InChI is InChI=1S/C11H11ClN2O2S/c1-6(2)9(11(15)16)17-10-8(12)7(5-13)3-4-14-10/h3-4,6,9H,1-2H3,(H,15,16). The van der Waals surface area contributed by atoms with Gasteiger partial charge in [-0.25, -0.2) is 4.98 Å². The number of hydrogen-bond donors (Lipinski definition) is 1. The van der Waals surface area contributed by atoms with Gasteiger partial charge in [0.1, 0.15) is 16.3 Å². The molecule has 1 N–H and O–H groups in total. The molecule has 0 amide bonds. The maximum Gasteiger partial charge on any atom is 0.317 e. The van der Waals surface area contributed by atoms with Crippen LogP contribution in [0.5, 0.6) is 0 Å². The van der Waals surface area contributed by atoms with Crippen LogP contribution < -0.4 is 0 Å². The number of halogens is 1. The average molecular weight is 271 g/mol. The number of carboxylic acids is 1. The average Bonchev–Trinajstić information content (AvgIpc) is 2.26.